The van der Waals surface area contributed by atoms with Gasteiger partial charge in [0.15, 0.2) is 0 Å². The number of amides is 1. The van der Waals surface area contributed by atoms with E-state index in [1.165, 1.54) is 12.3 Å². The number of nitrogens with zero attached hydrogens (tertiary/aromatic N) is 2. The first-order chi connectivity index (χ1) is 8.27. The molecule has 0 saturated heterocycles. The van der Waals surface area contributed by atoms with E-state index in [2.05, 4.69) is 19.0 Å². The zero-order chi connectivity index (χ0) is 12.5. The standard InChI is InChI=1S/C12H20N2O3/c1-3-5-9-14(10-6-4-2)12(15)16-11-7-8-13-17-11/h7-8H,3-6,9-10H2,1-2H3. The molecular weight excluding hydrogens is 220 g/mol. The fourth-order valence-corrected chi connectivity index (χ4v) is 1.40. The van der Waals surface area contributed by atoms with Crippen LogP contribution in [0.4, 0.5) is 4.79 Å². The molecule has 0 aromatic carbocycles. The van der Waals surface area contributed by atoms with Crippen molar-refractivity contribution in [3.05, 3.63) is 12.3 Å². The first kappa shape index (κ1) is 13.5. The van der Waals surface area contributed by atoms with Gasteiger partial charge in [0.1, 0.15) is 0 Å². The van der Waals surface area contributed by atoms with Crippen molar-refractivity contribution in [3.8, 4) is 5.95 Å². The lowest BCUT2D eigenvalue weighted by atomic mass is 10.3. The minimum absolute atomic E-state index is 0.146. The molecule has 0 atom stereocenters. The van der Waals surface area contributed by atoms with Crippen molar-refractivity contribution in [3.63, 3.8) is 0 Å². The summed E-state index contributed by atoms with van der Waals surface area (Å²) in [7, 11) is 0. The van der Waals surface area contributed by atoms with E-state index in [1.54, 1.807) is 4.90 Å². The van der Waals surface area contributed by atoms with Crippen molar-refractivity contribution < 1.29 is 14.1 Å². The zero-order valence-corrected chi connectivity index (χ0v) is 10.5. The Bertz CT molecular complexity index is 304. The van der Waals surface area contributed by atoms with E-state index in [1.807, 2.05) is 0 Å². The van der Waals surface area contributed by atoms with Crippen molar-refractivity contribution in [1.82, 2.24) is 10.1 Å². The van der Waals surface area contributed by atoms with Crippen LogP contribution in [0.5, 0.6) is 5.95 Å². The van der Waals surface area contributed by atoms with Crippen molar-refractivity contribution >= 4 is 6.09 Å². The fraction of sp³-hybridized carbons (Fsp3) is 0.667. The first-order valence-corrected chi connectivity index (χ1v) is 6.15. The minimum Gasteiger partial charge on any atom is -0.374 e. The Morgan fingerprint density at radius 2 is 2.00 bits per heavy atom. The average molecular weight is 240 g/mol. The molecule has 0 spiro atoms. The smallest absolute Gasteiger partial charge is 0.374 e. The van der Waals surface area contributed by atoms with Gasteiger partial charge in [-0.25, -0.2) is 4.79 Å². The summed E-state index contributed by atoms with van der Waals surface area (Å²) in [4.78, 5) is 13.6. The highest BCUT2D eigenvalue weighted by atomic mass is 16.7. The van der Waals surface area contributed by atoms with Gasteiger partial charge in [0.25, 0.3) is 0 Å². The van der Waals surface area contributed by atoms with Crippen LogP contribution in [0.15, 0.2) is 16.8 Å². The van der Waals surface area contributed by atoms with Gasteiger partial charge in [-0.1, -0.05) is 31.8 Å². The van der Waals surface area contributed by atoms with Crippen LogP contribution in [0.2, 0.25) is 0 Å². The molecule has 0 N–H and O–H groups in total. The molecule has 5 nitrogen and oxygen atoms in total. The molecule has 0 aliphatic rings. The van der Waals surface area contributed by atoms with Gasteiger partial charge in [-0.05, 0) is 12.8 Å². The maximum absolute atomic E-state index is 11.8. The quantitative estimate of drug-likeness (QED) is 0.735. The molecule has 0 unspecified atom stereocenters. The van der Waals surface area contributed by atoms with Gasteiger partial charge in [0, 0.05) is 19.2 Å². The Balaban J connectivity index is 2.46. The van der Waals surface area contributed by atoms with Crippen molar-refractivity contribution in [2.75, 3.05) is 13.1 Å². The van der Waals surface area contributed by atoms with E-state index in [-0.39, 0.29) is 12.0 Å². The zero-order valence-electron chi connectivity index (χ0n) is 10.5. The van der Waals surface area contributed by atoms with E-state index in [9.17, 15) is 4.79 Å². The first-order valence-electron chi connectivity index (χ1n) is 6.15. The van der Waals surface area contributed by atoms with Crippen LogP contribution in [-0.4, -0.2) is 29.2 Å². The van der Waals surface area contributed by atoms with Crippen LogP contribution >= 0.6 is 0 Å². The number of hydrogen-bond donors (Lipinski definition) is 0. The summed E-state index contributed by atoms with van der Waals surface area (Å²) in [6, 6.07) is 1.52. The average Bonchev–Trinajstić information content (AvgIpc) is 2.82. The lowest BCUT2D eigenvalue weighted by Crippen LogP contribution is -2.35. The number of hydrogen-bond acceptors (Lipinski definition) is 4. The molecule has 0 bridgehead atoms. The lowest BCUT2D eigenvalue weighted by Gasteiger charge is -2.20. The van der Waals surface area contributed by atoms with E-state index >= 15 is 0 Å². The third-order valence-electron chi connectivity index (χ3n) is 2.42. The molecule has 0 aliphatic heterocycles. The summed E-state index contributed by atoms with van der Waals surface area (Å²) in [5.41, 5.74) is 0. The van der Waals surface area contributed by atoms with Gasteiger partial charge in [-0.15, -0.1) is 0 Å². The highest BCUT2D eigenvalue weighted by Gasteiger charge is 2.16. The molecule has 1 rings (SSSR count). The van der Waals surface area contributed by atoms with Gasteiger partial charge < -0.3 is 14.2 Å². The van der Waals surface area contributed by atoms with Crippen molar-refractivity contribution in [1.29, 1.82) is 0 Å². The summed E-state index contributed by atoms with van der Waals surface area (Å²) in [5, 5.41) is 3.49. The third-order valence-corrected chi connectivity index (χ3v) is 2.42. The van der Waals surface area contributed by atoms with Crippen molar-refractivity contribution in [2.45, 2.75) is 39.5 Å². The second-order valence-electron chi connectivity index (χ2n) is 3.89. The normalized spacial score (nSPS) is 10.2. The van der Waals surface area contributed by atoms with Crippen LogP contribution in [0.25, 0.3) is 0 Å². The predicted octanol–water partition coefficient (Wildman–Crippen LogP) is 3.08. The number of carbonyl (C=O) groups is 1. The van der Waals surface area contributed by atoms with E-state index in [0.717, 1.165) is 38.8 Å². The number of ether oxygens (including phenoxy) is 1. The fourth-order valence-electron chi connectivity index (χ4n) is 1.40. The van der Waals surface area contributed by atoms with Crippen LogP contribution in [0.3, 0.4) is 0 Å². The van der Waals surface area contributed by atoms with E-state index in [0.29, 0.717) is 0 Å². The molecule has 5 heteroatoms. The summed E-state index contributed by atoms with van der Waals surface area (Å²) in [6.45, 7) is 5.65. The number of unbranched alkanes of at least 4 members (excludes halogenated alkanes) is 2. The maximum Gasteiger partial charge on any atom is 0.417 e. The van der Waals surface area contributed by atoms with Crippen LogP contribution < -0.4 is 4.74 Å². The second kappa shape index (κ2) is 7.70. The Morgan fingerprint density at radius 3 is 2.47 bits per heavy atom. The van der Waals surface area contributed by atoms with Crippen LogP contribution in [0, 0.1) is 0 Å². The monoisotopic (exact) mass is 240 g/mol. The Kier molecular flexibility index (Phi) is 6.14. The van der Waals surface area contributed by atoms with E-state index in [4.69, 9.17) is 9.26 Å². The summed E-state index contributed by atoms with van der Waals surface area (Å²) in [6.07, 6.45) is 5.16. The van der Waals surface area contributed by atoms with Gasteiger partial charge in [-0.2, -0.15) is 0 Å². The molecule has 0 saturated carbocycles. The van der Waals surface area contributed by atoms with Crippen LogP contribution in [-0.2, 0) is 0 Å². The predicted molar refractivity (Wildman–Crippen MR) is 63.9 cm³/mol. The molecule has 0 radical (unpaired) electrons. The Morgan fingerprint density at radius 1 is 1.35 bits per heavy atom. The molecule has 0 fully saturated rings. The van der Waals surface area contributed by atoms with Crippen LogP contribution in [0.1, 0.15) is 39.5 Å². The number of rotatable bonds is 7. The van der Waals surface area contributed by atoms with Gasteiger partial charge in [0.05, 0.1) is 6.20 Å². The minimum atomic E-state index is -0.358. The topological polar surface area (TPSA) is 55.6 Å². The highest BCUT2D eigenvalue weighted by molar-refractivity contribution is 5.69. The molecule has 1 aromatic rings. The SMILES string of the molecule is CCCCN(CCCC)C(=O)Oc1ccno1. The molecule has 1 aromatic heterocycles. The van der Waals surface area contributed by atoms with Gasteiger partial charge in [0.2, 0.25) is 0 Å². The lowest BCUT2D eigenvalue weighted by molar-refractivity contribution is 0.135. The number of carbonyl (C=O) groups excluding carboxylic acids is 1. The largest absolute Gasteiger partial charge is 0.417 e. The molecule has 17 heavy (non-hydrogen) atoms. The summed E-state index contributed by atoms with van der Waals surface area (Å²) >= 11 is 0. The molecule has 1 amide bonds. The Labute approximate surface area is 102 Å². The van der Waals surface area contributed by atoms with Gasteiger partial charge >= 0.3 is 12.0 Å². The van der Waals surface area contributed by atoms with E-state index < -0.39 is 0 Å². The molecule has 0 aliphatic carbocycles. The van der Waals surface area contributed by atoms with Crippen molar-refractivity contribution in [2.24, 2.45) is 0 Å². The number of aromatic nitrogens is 1. The van der Waals surface area contributed by atoms with Gasteiger partial charge in [-0.3, -0.25) is 0 Å². The second-order valence-corrected chi connectivity index (χ2v) is 3.89. The molecular formula is C12H20N2O3. The summed E-state index contributed by atoms with van der Waals surface area (Å²) in [5.74, 6) is 0.146. The summed E-state index contributed by atoms with van der Waals surface area (Å²) < 4.78 is 9.81. The third kappa shape index (κ3) is 4.89. The highest BCUT2D eigenvalue weighted by Crippen LogP contribution is 2.10. The maximum atomic E-state index is 11.8. The molecule has 96 valence electrons. The molecule has 1 heterocycles. The Hall–Kier alpha value is -1.52.